The van der Waals surface area contributed by atoms with Gasteiger partial charge in [0.05, 0.1) is 39.7 Å². The zero-order valence-corrected chi connectivity index (χ0v) is 18.1. The summed E-state index contributed by atoms with van der Waals surface area (Å²) in [5, 5.41) is 7.58. The van der Waals surface area contributed by atoms with Crippen molar-refractivity contribution in [3.63, 3.8) is 0 Å². The molecule has 1 amide bonds. The molecule has 1 atom stereocenters. The molecule has 1 N–H and O–H groups in total. The molecule has 4 aromatic rings. The number of carbonyl (C=O) groups is 1. The molecule has 1 saturated heterocycles. The number of halogens is 3. The summed E-state index contributed by atoms with van der Waals surface area (Å²) in [5.74, 6) is -0.399. The normalized spacial score (nSPS) is 17.0. The van der Waals surface area contributed by atoms with Crippen LogP contribution >= 0.6 is 11.3 Å². The average Bonchev–Trinajstić information content (AvgIpc) is 3.53. The minimum atomic E-state index is -4.53. The van der Waals surface area contributed by atoms with Crippen molar-refractivity contribution in [1.29, 1.82) is 0 Å². The smallest absolute Gasteiger partial charge is 0.323 e. The van der Waals surface area contributed by atoms with Crippen molar-refractivity contribution >= 4 is 33.1 Å². The van der Waals surface area contributed by atoms with Crippen LogP contribution in [0.15, 0.2) is 55.1 Å². The molecule has 0 spiro atoms. The molecule has 2 aromatic carbocycles. The second-order valence-electron chi connectivity index (χ2n) is 7.77. The maximum atomic E-state index is 13.3. The number of likely N-dealkylation sites (tertiary alicyclic amines) is 1. The molecule has 1 aliphatic heterocycles. The second kappa shape index (κ2) is 8.56. The number of hydrogen-bond acceptors (Lipinski definition) is 6. The Bertz CT molecular complexity index is 1250. The zero-order valence-electron chi connectivity index (χ0n) is 17.3. The van der Waals surface area contributed by atoms with Crippen LogP contribution < -0.4 is 5.32 Å². The summed E-state index contributed by atoms with van der Waals surface area (Å²) in [6, 6.07) is 11.0. The van der Waals surface area contributed by atoms with Gasteiger partial charge in [-0.2, -0.15) is 18.3 Å². The molecule has 1 aliphatic rings. The lowest BCUT2D eigenvalue weighted by atomic mass is 10.1. The van der Waals surface area contributed by atoms with Gasteiger partial charge in [0.2, 0.25) is 5.91 Å². The molecule has 0 bridgehead atoms. The third-order valence-electron chi connectivity index (χ3n) is 5.57. The van der Waals surface area contributed by atoms with Gasteiger partial charge in [0.15, 0.2) is 0 Å². The molecule has 1 fully saturated rings. The molecular weight excluding hydrogens is 453 g/mol. The first-order valence-electron chi connectivity index (χ1n) is 10.3. The third kappa shape index (κ3) is 4.46. The van der Waals surface area contributed by atoms with Gasteiger partial charge in [-0.1, -0.05) is 12.1 Å². The number of aromatic nitrogens is 4. The lowest BCUT2D eigenvalue weighted by Crippen LogP contribution is -2.33. The fourth-order valence-corrected chi connectivity index (χ4v) is 5.18. The number of nitrogens with one attached hydrogen (secondary N) is 1. The Morgan fingerprint density at radius 3 is 2.82 bits per heavy atom. The van der Waals surface area contributed by atoms with Crippen LogP contribution in [-0.4, -0.2) is 43.6 Å². The maximum absolute atomic E-state index is 13.3. The van der Waals surface area contributed by atoms with Gasteiger partial charge in [-0.05, 0) is 49.7 Å². The zero-order chi connectivity index (χ0) is 23.0. The van der Waals surface area contributed by atoms with Gasteiger partial charge in [-0.15, -0.1) is 11.3 Å². The van der Waals surface area contributed by atoms with Crippen LogP contribution in [0.5, 0.6) is 0 Å². The molecule has 0 radical (unpaired) electrons. The number of rotatable bonds is 5. The number of para-hydroxylation sites is 1. The Hall–Kier alpha value is -3.31. The van der Waals surface area contributed by atoms with E-state index in [1.807, 2.05) is 29.2 Å². The highest BCUT2D eigenvalue weighted by molar-refractivity contribution is 7.18. The van der Waals surface area contributed by atoms with Gasteiger partial charge in [0, 0.05) is 0 Å². The predicted octanol–water partition coefficient (Wildman–Crippen LogP) is 4.67. The quantitative estimate of drug-likeness (QED) is 0.457. The average molecular weight is 472 g/mol. The van der Waals surface area contributed by atoms with E-state index in [-0.39, 0.29) is 18.3 Å². The number of alkyl halides is 3. The van der Waals surface area contributed by atoms with Crippen molar-refractivity contribution in [3.05, 3.63) is 65.7 Å². The van der Waals surface area contributed by atoms with E-state index in [0.29, 0.717) is 12.2 Å². The monoisotopic (exact) mass is 472 g/mol. The van der Waals surface area contributed by atoms with Gasteiger partial charge in [-0.25, -0.2) is 14.6 Å². The highest BCUT2D eigenvalue weighted by atomic mass is 32.1. The number of anilines is 1. The summed E-state index contributed by atoms with van der Waals surface area (Å²) in [6.07, 6.45) is -0.103. The first-order valence-corrected chi connectivity index (χ1v) is 11.2. The number of carbonyl (C=O) groups excluding carboxylic acids is 1. The van der Waals surface area contributed by atoms with E-state index in [0.717, 1.165) is 40.2 Å². The molecule has 0 unspecified atom stereocenters. The van der Waals surface area contributed by atoms with Crippen LogP contribution in [0.2, 0.25) is 0 Å². The predicted molar refractivity (Wildman–Crippen MR) is 118 cm³/mol. The van der Waals surface area contributed by atoms with Crippen LogP contribution in [0.25, 0.3) is 15.9 Å². The molecule has 170 valence electrons. The van der Waals surface area contributed by atoms with Gasteiger partial charge in [0.1, 0.15) is 17.7 Å². The summed E-state index contributed by atoms with van der Waals surface area (Å²) in [7, 11) is 0. The Balaban J connectivity index is 1.37. The molecule has 11 heteroatoms. The minimum Gasteiger partial charge on any atom is -0.323 e. The van der Waals surface area contributed by atoms with Crippen molar-refractivity contribution in [3.8, 4) is 5.69 Å². The number of thiazole rings is 1. The largest absolute Gasteiger partial charge is 0.416 e. The van der Waals surface area contributed by atoms with Crippen LogP contribution in [0.3, 0.4) is 0 Å². The van der Waals surface area contributed by atoms with Crippen molar-refractivity contribution in [2.45, 2.75) is 25.1 Å². The van der Waals surface area contributed by atoms with Gasteiger partial charge < -0.3 is 5.32 Å². The number of benzene rings is 2. The lowest BCUT2D eigenvalue weighted by molar-refractivity contribution is -0.137. The van der Waals surface area contributed by atoms with Crippen molar-refractivity contribution in [2.75, 3.05) is 18.4 Å². The number of nitrogens with zero attached hydrogens (tertiary/aromatic N) is 5. The van der Waals surface area contributed by atoms with E-state index in [1.165, 1.54) is 23.4 Å². The van der Waals surface area contributed by atoms with E-state index >= 15 is 0 Å². The fraction of sp³-hybridized carbons (Fsp3) is 0.273. The first-order chi connectivity index (χ1) is 15.9. The Labute approximate surface area is 190 Å². The Morgan fingerprint density at radius 1 is 1.21 bits per heavy atom. The van der Waals surface area contributed by atoms with Crippen LogP contribution in [-0.2, 0) is 11.0 Å². The van der Waals surface area contributed by atoms with E-state index in [9.17, 15) is 18.0 Å². The van der Waals surface area contributed by atoms with Crippen molar-refractivity contribution < 1.29 is 18.0 Å². The Kier molecular flexibility index (Phi) is 5.59. The molecule has 0 saturated carbocycles. The summed E-state index contributed by atoms with van der Waals surface area (Å²) >= 11 is 1.61. The minimum absolute atomic E-state index is 0.00412. The van der Waals surface area contributed by atoms with Crippen LogP contribution in [0.1, 0.15) is 29.5 Å². The molecule has 5 rings (SSSR count). The van der Waals surface area contributed by atoms with Crippen molar-refractivity contribution in [1.82, 2.24) is 24.6 Å². The van der Waals surface area contributed by atoms with E-state index in [1.54, 1.807) is 11.3 Å². The number of amides is 1. The van der Waals surface area contributed by atoms with E-state index < -0.39 is 17.6 Å². The molecule has 0 aliphatic carbocycles. The van der Waals surface area contributed by atoms with Crippen molar-refractivity contribution in [2.24, 2.45) is 0 Å². The second-order valence-corrected chi connectivity index (χ2v) is 8.83. The van der Waals surface area contributed by atoms with E-state index in [4.69, 9.17) is 4.98 Å². The van der Waals surface area contributed by atoms with Gasteiger partial charge in [0.25, 0.3) is 0 Å². The molecule has 7 nitrogen and oxygen atoms in total. The highest BCUT2D eigenvalue weighted by Crippen LogP contribution is 2.37. The number of hydrogen-bond donors (Lipinski definition) is 1. The molecule has 3 heterocycles. The Morgan fingerprint density at radius 2 is 2.06 bits per heavy atom. The molecule has 2 aromatic heterocycles. The summed E-state index contributed by atoms with van der Waals surface area (Å²) < 4.78 is 42.2. The standard InChI is InChI=1S/C22H19F3N6OS/c23-22(24,25)14-7-8-17(31-13-26-12-27-31)16(10-14)28-20(32)11-30-9-3-5-18(30)21-29-15-4-1-2-6-19(15)33-21/h1-2,4,6-8,10,12-13,18H,3,5,9,11H2,(H,28,32)/t18-/m0/s1. The molecule has 33 heavy (non-hydrogen) atoms. The summed E-state index contributed by atoms with van der Waals surface area (Å²) in [6.45, 7) is 0.764. The summed E-state index contributed by atoms with van der Waals surface area (Å²) in [5.41, 5.74) is 0.402. The van der Waals surface area contributed by atoms with E-state index in [2.05, 4.69) is 15.4 Å². The highest BCUT2D eigenvalue weighted by Gasteiger charge is 2.33. The van der Waals surface area contributed by atoms with Crippen LogP contribution in [0, 0.1) is 0 Å². The summed E-state index contributed by atoms with van der Waals surface area (Å²) in [4.78, 5) is 23.5. The van der Waals surface area contributed by atoms with Gasteiger partial charge >= 0.3 is 6.18 Å². The topological polar surface area (TPSA) is 75.9 Å². The lowest BCUT2D eigenvalue weighted by Gasteiger charge is -2.22. The SMILES string of the molecule is O=C(CN1CCC[C@H]1c1nc2ccccc2s1)Nc1cc(C(F)(F)F)ccc1-n1cncn1. The number of fused-ring (bicyclic) bond motifs is 1. The van der Waals surface area contributed by atoms with Gasteiger partial charge in [-0.3, -0.25) is 9.69 Å². The third-order valence-corrected chi connectivity index (χ3v) is 6.71. The maximum Gasteiger partial charge on any atom is 0.416 e. The fourth-order valence-electron chi connectivity index (χ4n) is 4.05. The molecular formula is C22H19F3N6OS. The first kappa shape index (κ1) is 21.5. The van der Waals surface area contributed by atoms with Crippen LogP contribution in [0.4, 0.5) is 18.9 Å².